The monoisotopic (exact) mass is 297 g/mol. The number of nitrogens with one attached hydrogen (secondary N) is 1. The van der Waals surface area contributed by atoms with Crippen LogP contribution in [0.4, 0.5) is 5.69 Å². The number of carbonyl (C=O) groups is 1. The minimum absolute atomic E-state index is 0.0196. The van der Waals surface area contributed by atoms with E-state index < -0.39 is 0 Å². The second-order valence-electron chi connectivity index (χ2n) is 3.49. The van der Waals surface area contributed by atoms with Gasteiger partial charge in [-0.15, -0.1) is 0 Å². The van der Waals surface area contributed by atoms with Gasteiger partial charge in [-0.2, -0.15) is 0 Å². The second kappa shape index (κ2) is 5.06. The van der Waals surface area contributed by atoms with Crippen molar-refractivity contribution in [2.24, 2.45) is 0 Å². The van der Waals surface area contributed by atoms with Crippen LogP contribution in [0.25, 0.3) is 0 Å². The van der Waals surface area contributed by atoms with Crippen LogP contribution in [-0.4, -0.2) is 18.5 Å². The molecule has 1 heterocycles. The number of thiol groups is 1. The van der Waals surface area contributed by atoms with Crippen LogP contribution in [0, 0.1) is 0 Å². The molecule has 0 atom stereocenters. The molecule has 1 N–H and O–H groups in total. The average Bonchev–Trinajstić information content (AvgIpc) is 2.40. The number of fused-ring (bicyclic) bond motifs is 1. The Labute approximate surface area is 108 Å². The summed E-state index contributed by atoms with van der Waals surface area (Å²) in [6.45, 7) is 0. The SMILES string of the molecule is O=C1CCC(=BOS)c2cc(Br)ccc2N1. The summed E-state index contributed by atoms with van der Waals surface area (Å²) in [7, 11) is 1.56. The van der Waals surface area contributed by atoms with Gasteiger partial charge in [0.05, 0.1) is 0 Å². The summed E-state index contributed by atoms with van der Waals surface area (Å²) >= 11 is 7.12. The van der Waals surface area contributed by atoms with E-state index in [2.05, 4.69) is 34.2 Å². The third kappa shape index (κ3) is 2.49. The maximum absolute atomic E-state index is 11.5. The quantitative estimate of drug-likeness (QED) is 0.474. The number of benzene rings is 1. The Morgan fingerprint density at radius 1 is 1.44 bits per heavy atom. The van der Waals surface area contributed by atoms with Crippen LogP contribution < -0.4 is 5.32 Å². The summed E-state index contributed by atoms with van der Waals surface area (Å²) in [6, 6.07) is 5.72. The van der Waals surface area contributed by atoms with Crippen molar-refractivity contribution in [2.45, 2.75) is 12.8 Å². The molecule has 1 amide bonds. The molecular weight excluding hydrogens is 289 g/mol. The maximum atomic E-state index is 11.5. The molecule has 0 aliphatic carbocycles. The molecule has 0 spiro atoms. The van der Waals surface area contributed by atoms with Crippen LogP contribution in [0.2, 0.25) is 0 Å². The zero-order valence-corrected chi connectivity index (χ0v) is 10.8. The van der Waals surface area contributed by atoms with Gasteiger partial charge >= 0.3 is 108 Å². The van der Waals surface area contributed by atoms with Crippen LogP contribution >= 0.6 is 28.8 Å². The third-order valence-electron chi connectivity index (χ3n) is 2.42. The van der Waals surface area contributed by atoms with Crippen LogP contribution in [0.15, 0.2) is 22.7 Å². The molecule has 0 saturated heterocycles. The van der Waals surface area contributed by atoms with E-state index in [4.69, 9.17) is 4.10 Å². The molecule has 1 aromatic carbocycles. The molecule has 6 heteroatoms. The Morgan fingerprint density at radius 2 is 2.25 bits per heavy atom. The number of rotatable bonds is 1. The molecule has 1 aromatic rings. The topological polar surface area (TPSA) is 38.3 Å². The van der Waals surface area contributed by atoms with Crippen molar-refractivity contribution in [3.05, 3.63) is 28.2 Å². The average molecular weight is 298 g/mol. The van der Waals surface area contributed by atoms with E-state index in [1.165, 1.54) is 0 Å². The van der Waals surface area contributed by atoms with Gasteiger partial charge in [-0.3, -0.25) is 0 Å². The summed E-state index contributed by atoms with van der Waals surface area (Å²) < 4.78 is 5.71. The summed E-state index contributed by atoms with van der Waals surface area (Å²) in [5.74, 6) is 0.0196. The fourth-order valence-electron chi connectivity index (χ4n) is 1.67. The summed E-state index contributed by atoms with van der Waals surface area (Å²) in [6.07, 6.45) is 1.10. The van der Waals surface area contributed by atoms with Gasteiger partial charge < -0.3 is 0 Å². The number of carbonyl (C=O) groups excluding carboxylic acids is 1. The van der Waals surface area contributed by atoms with Crippen LogP contribution in [0.1, 0.15) is 18.4 Å². The predicted molar refractivity (Wildman–Crippen MR) is 71.9 cm³/mol. The number of anilines is 1. The first-order valence-electron chi connectivity index (χ1n) is 4.80. The van der Waals surface area contributed by atoms with Crippen molar-refractivity contribution < 1.29 is 8.90 Å². The zero-order valence-electron chi connectivity index (χ0n) is 8.37. The standard InChI is InChI=1S/C10H9BBrNO2S/c12-6-1-3-9-7(5-6)8(11-15-16)2-4-10(14)13-9/h1,3,5,16H,2,4H2,(H,13,14). The van der Waals surface area contributed by atoms with E-state index in [1.807, 2.05) is 18.2 Å². The number of amides is 1. The molecule has 82 valence electrons. The van der Waals surface area contributed by atoms with Gasteiger partial charge in [-0.1, -0.05) is 0 Å². The van der Waals surface area contributed by atoms with Crippen LogP contribution in [0.3, 0.4) is 0 Å². The first-order chi connectivity index (χ1) is 7.70. The number of hydrogen-bond acceptors (Lipinski definition) is 3. The summed E-state index contributed by atoms with van der Waals surface area (Å²) in [5, 5.41) is 2.86. The zero-order chi connectivity index (χ0) is 11.5. The molecule has 0 radical (unpaired) electrons. The molecule has 3 nitrogen and oxygen atoms in total. The molecule has 0 bridgehead atoms. The molecule has 1 aliphatic rings. The van der Waals surface area contributed by atoms with E-state index in [9.17, 15) is 4.79 Å². The van der Waals surface area contributed by atoms with E-state index in [0.29, 0.717) is 12.8 Å². The van der Waals surface area contributed by atoms with E-state index in [0.717, 1.165) is 21.2 Å². The van der Waals surface area contributed by atoms with Gasteiger partial charge in [0.2, 0.25) is 0 Å². The molecule has 0 saturated carbocycles. The first-order valence-corrected chi connectivity index (χ1v) is 5.95. The van der Waals surface area contributed by atoms with Gasteiger partial charge in [-0.05, 0) is 0 Å². The van der Waals surface area contributed by atoms with Crippen molar-refractivity contribution >= 4 is 53.0 Å². The fraction of sp³-hybridized carbons (Fsp3) is 0.200. The number of hydrogen-bond donors (Lipinski definition) is 2. The minimum atomic E-state index is 0.0196. The fourth-order valence-corrected chi connectivity index (χ4v) is 2.16. The van der Waals surface area contributed by atoms with E-state index in [-0.39, 0.29) is 5.91 Å². The molecule has 0 unspecified atom stereocenters. The molecule has 0 fully saturated rings. The Hall–Kier alpha value is -0.745. The molecule has 16 heavy (non-hydrogen) atoms. The predicted octanol–water partition coefficient (Wildman–Crippen LogP) is 2.18. The van der Waals surface area contributed by atoms with Crippen molar-refractivity contribution in [1.29, 1.82) is 0 Å². The Bertz CT molecular complexity index is 464. The number of halogens is 1. The van der Waals surface area contributed by atoms with Gasteiger partial charge in [0.25, 0.3) is 0 Å². The van der Waals surface area contributed by atoms with Crippen molar-refractivity contribution in [1.82, 2.24) is 0 Å². The first kappa shape index (κ1) is 11.7. The van der Waals surface area contributed by atoms with E-state index >= 15 is 0 Å². The van der Waals surface area contributed by atoms with E-state index in [1.54, 1.807) is 7.12 Å². The van der Waals surface area contributed by atoms with Gasteiger partial charge in [0.1, 0.15) is 0 Å². The summed E-state index contributed by atoms with van der Waals surface area (Å²) in [5.41, 5.74) is 2.74. The Kier molecular flexibility index (Phi) is 3.71. The normalized spacial score (nSPS) is 17.1. The van der Waals surface area contributed by atoms with Crippen LogP contribution in [-0.2, 0) is 8.90 Å². The Balaban J connectivity index is 2.51. The molecular formula is C10H9BBrNO2S. The second-order valence-corrected chi connectivity index (χ2v) is 4.61. The summed E-state index contributed by atoms with van der Waals surface area (Å²) in [4.78, 5) is 11.5. The van der Waals surface area contributed by atoms with Crippen molar-refractivity contribution in [2.75, 3.05) is 5.32 Å². The van der Waals surface area contributed by atoms with Crippen molar-refractivity contribution in [3.8, 4) is 0 Å². The Morgan fingerprint density at radius 3 is 3.00 bits per heavy atom. The van der Waals surface area contributed by atoms with Gasteiger partial charge in [0.15, 0.2) is 0 Å². The molecule has 1 aliphatic heterocycles. The molecule has 0 aromatic heterocycles. The third-order valence-corrected chi connectivity index (χ3v) is 3.02. The molecule has 2 rings (SSSR count). The van der Waals surface area contributed by atoms with Crippen LogP contribution in [0.5, 0.6) is 0 Å². The van der Waals surface area contributed by atoms with Gasteiger partial charge in [-0.25, -0.2) is 0 Å². The van der Waals surface area contributed by atoms with Crippen molar-refractivity contribution in [3.63, 3.8) is 0 Å². The van der Waals surface area contributed by atoms with Gasteiger partial charge in [0, 0.05) is 0 Å².